The summed E-state index contributed by atoms with van der Waals surface area (Å²) < 4.78 is 2.13. The molecule has 8 nitrogen and oxygen atoms in total. The summed E-state index contributed by atoms with van der Waals surface area (Å²) in [6.07, 6.45) is 1.37. The van der Waals surface area contributed by atoms with E-state index in [-0.39, 0.29) is 18.5 Å². The van der Waals surface area contributed by atoms with Gasteiger partial charge in [0.2, 0.25) is 11.9 Å². The van der Waals surface area contributed by atoms with Gasteiger partial charge in [-0.1, -0.05) is 35.3 Å². The van der Waals surface area contributed by atoms with Crippen molar-refractivity contribution in [1.82, 2.24) is 14.7 Å². The highest BCUT2D eigenvalue weighted by Crippen LogP contribution is 2.26. The maximum Gasteiger partial charge on any atom is 0.392 e. The number of hydrogen-bond donors (Lipinski definition) is 1. The van der Waals surface area contributed by atoms with Crippen LogP contribution in [0.25, 0.3) is 0 Å². The molecular formula is C19H24N5O3+. The number of β-amino-alcohol motifs (C(OH)–C–C–N with tert-alkyl or cyclic N) is 1. The summed E-state index contributed by atoms with van der Waals surface area (Å²) in [5.74, 6) is 0.794. The first-order valence-electron chi connectivity index (χ1n) is 9.24. The van der Waals surface area contributed by atoms with Crippen LogP contribution in [-0.4, -0.2) is 87.9 Å². The third kappa shape index (κ3) is 2.90. The summed E-state index contributed by atoms with van der Waals surface area (Å²) in [6, 6.07) is 8.30. The number of guanidine groups is 1. The number of urea groups is 1. The maximum atomic E-state index is 12.9. The molecule has 0 saturated carbocycles. The van der Waals surface area contributed by atoms with E-state index in [1.165, 1.54) is 11.9 Å². The minimum absolute atomic E-state index is 0.231. The van der Waals surface area contributed by atoms with Crippen LogP contribution in [0.2, 0.25) is 0 Å². The Bertz CT molecular complexity index is 827. The first kappa shape index (κ1) is 17.7. The fourth-order valence-electron chi connectivity index (χ4n) is 3.91. The second-order valence-corrected chi connectivity index (χ2v) is 7.18. The largest absolute Gasteiger partial charge is 0.392 e. The number of imide groups is 1. The zero-order valence-corrected chi connectivity index (χ0v) is 15.6. The van der Waals surface area contributed by atoms with E-state index in [4.69, 9.17) is 0 Å². The van der Waals surface area contributed by atoms with E-state index in [2.05, 4.69) is 9.57 Å². The van der Waals surface area contributed by atoms with E-state index >= 15 is 0 Å². The van der Waals surface area contributed by atoms with Crippen molar-refractivity contribution in [3.05, 3.63) is 35.9 Å². The van der Waals surface area contributed by atoms with Gasteiger partial charge in [-0.15, -0.1) is 0 Å². The van der Waals surface area contributed by atoms with Gasteiger partial charge in [0.25, 0.3) is 5.91 Å². The van der Waals surface area contributed by atoms with E-state index in [1.54, 1.807) is 7.05 Å². The van der Waals surface area contributed by atoms with Crippen molar-refractivity contribution in [2.45, 2.75) is 25.0 Å². The monoisotopic (exact) mass is 370 g/mol. The third-order valence-electron chi connectivity index (χ3n) is 5.45. The molecule has 1 aromatic carbocycles. The highest BCUT2D eigenvalue weighted by atomic mass is 16.3. The zero-order valence-electron chi connectivity index (χ0n) is 15.6. The predicted molar refractivity (Wildman–Crippen MR) is 99.5 cm³/mol. The number of amidine groups is 1. The molecular weight excluding hydrogens is 346 g/mol. The molecule has 0 radical (unpaired) electrons. The molecule has 4 rings (SSSR count). The van der Waals surface area contributed by atoms with Crippen molar-refractivity contribution in [3.8, 4) is 0 Å². The number of nitrogens with zero attached hydrogens (tertiary/aromatic N) is 5. The lowest BCUT2D eigenvalue weighted by Gasteiger charge is -2.33. The van der Waals surface area contributed by atoms with Gasteiger partial charge in [0.1, 0.15) is 6.10 Å². The molecule has 3 heterocycles. The lowest BCUT2D eigenvalue weighted by atomic mass is 10.1. The molecule has 142 valence electrons. The summed E-state index contributed by atoms with van der Waals surface area (Å²) in [6.45, 7) is 1.95. The van der Waals surface area contributed by atoms with Gasteiger partial charge in [-0.2, -0.15) is 0 Å². The first-order valence-corrected chi connectivity index (χ1v) is 9.24. The van der Waals surface area contributed by atoms with Crippen molar-refractivity contribution >= 4 is 23.7 Å². The molecule has 27 heavy (non-hydrogen) atoms. The fraction of sp³-hybridized carbons (Fsp3) is 0.474. The number of carbonyl (C=O) groups is 2. The fourth-order valence-corrected chi connectivity index (χ4v) is 3.91. The van der Waals surface area contributed by atoms with Crippen LogP contribution in [0.15, 0.2) is 35.3 Å². The van der Waals surface area contributed by atoms with Crippen molar-refractivity contribution in [3.63, 3.8) is 0 Å². The topological polar surface area (TPSA) is 79.5 Å². The van der Waals surface area contributed by atoms with E-state index in [1.807, 2.05) is 35.2 Å². The average molecular weight is 370 g/mol. The SMILES string of the molecule is CN1C(=O)C2C(=NC(=[N+]3CCCC3)N2CC(O)c2ccccc2)N(C)C1=O. The molecule has 0 bridgehead atoms. The zero-order chi connectivity index (χ0) is 19.1. The molecule has 0 spiro atoms. The van der Waals surface area contributed by atoms with Crippen LogP contribution in [0.1, 0.15) is 24.5 Å². The Morgan fingerprint density at radius 2 is 1.81 bits per heavy atom. The van der Waals surface area contributed by atoms with Crippen LogP contribution in [-0.2, 0) is 4.79 Å². The molecule has 1 N–H and O–H groups in total. The van der Waals surface area contributed by atoms with Crippen LogP contribution in [0.3, 0.4) is 0 Å². The van der Waals surface area contributed by atoms with E-state index in [0.29, 0.717) is 11.8 Å². The summed E-state index contributed by atoms with van der Waals surface area (Å²) in [5.41, 5.74) is 0.785. The predicted octanol–water partition coefficient (Wildman–Crippen LogP) is 0.489. The lowest BCUT2D eigenvalue weighted by molar-refractivity contribution is -0.511. The van der Waals surface area contributed by atoms with Crippen molar-refractivity contribution in [1.29, 1.82) is 0 Å². The number of benzene rings is 1. The molecule has 0 aliphatic carbocycles. The molecule has 1 aromatic rings. The standard InChI is InChI=1S/C19H24N5O3/c1-21-16-15(17(26)22(2)19(21)27)24(18(20-16)23-10-6-7-11-23)12-14(25)13-8-4-3-5-9-13/h3-5,8-9,14-15,25H,6-7,10-12H2,1-2H3/q+1. The second-order valence-electron chi connectivity index (χ2n) is 7.18. The minimum Gasteiger partial charge on any atom is -0.385 e. The Morgan fingerprint density at radius 1 is 1.15 bits per heavy atom. The molecule has 8 heteroatoms. The van der Waals surface area contributed by atoms with Gasteiger partial charge in [-0.05, 0) is 18.4 Å². The Morgan fingerprint density at radius 3 is 2.48 bits per heavy atom. The Kier molecular flexibility index (Phi) is 4.43. The summed E-state index contributed by atoms with van der Waals surface area (Å²) in [5, 5.41) is 10.8. The van der Waals surface area contributed by atoms with Gasteiger partial charge in [-0.25, -0.2) is 9.69 Å². The number of hydrogen-bond acceptors (Lipinski definition) is 3. The Balaban J connectivity index is 1.72. The average Bonchev–Trinajstić information content (AvgIpc) is 3.33. The Hall–Kier alpha value is -2.74. The molecule has 2 atom stereocenters. The normalized spacial score (nSPS) is 23.9. The number of aliphatic hydroxyl groups is 1. The highest BCUT2D eigenvalue weighted by molar-refractivity contribution is 6.25. The molecule has 2 saturated heterocycles. The number of aliphatic imine (C=N–C) groups is 1. The molecule has 2 fully saturated rings. The summed E-state index contributed by atoms with van der Waals surface area (Å²) in [4.78, 5) is 34.3. The van der Waals surface area contributed by atoms with Crippen molar-refractivity contribution in [2.24, 2.45) is 4.99 Å². The smallest absolute Gasteiger partial charge is 0.385 e. The number of aliphatic hydroxyl groups excluding tert-OH is 1. The van der Waals surface area contributed by atoms with Gasteiger partial charge < -0.3 is 5.11 Å². The minimum atomic E-state index is -0.764. The number of carbonyl (C=O) groups excluding carboxylic acids is 2. The van der Waals surface area contributed by atoms with E-state index in [9.17, 15) is 14.7 Å². The van der Waals surface area contributed by atoms with Gasteiger partial charge in [0.05, 0.1) is 19.6 Å². The van der Waals surface area contributed by atoms with Crippen LogP contribution in [0.5, 0.6) is 0 Å². The Labute approximate surface area is 158 Å². The first-order chi connectivity index (χ1) is 13.0. The number of rotatable bonds is 3. The summed E-state index contributed by atoms with van der Waals surface area (Å²) in [7, 11) is 3.12. The van der Waals surface area contributed by atoms with Crippen LogP contribution in [0.4, 0.5) is 4.79 Å². The van der Waals surface area contributed by atoms with Gasteiger partial charge in [0, 0.05) is 14.1 Å². The quantitative estimate of drug-likeness (QED) is 0.786. The van der Waals surface area contributed by atoms with Gasteiger partial charge in [-0.3, -0.25) is 19.2 Å². The van der Waals surface area contributed by atoms with Crippen molar-refractivity contribution in [2.75, 3.05) is 33.7 Å². The maximum absolute atomic E-state index is 12.9. The molecule has 3 aliphatic rings. The van der Waals surface area contributed by atoms with Gasteiger partial charge >= 0.3 is 12.0 Å². The number of likely N-dealkylation sites (N-methyl/N-ethyl adjacent to an activating group) is 2. The molecule has 3 aliphatic heterocycles. The third-order valence-corrected chi connectivity index (χ3v) is 5.45. The van der Waals surface area contributed by atoms with Crippen LogP contribution < -0.4 is 0 Å². The second kappa shape index (κ2) is 6.77. The molecule has 2 unspecified atom stereocenters. The highest BCUT2D eigenvalue weighted by Gasteiger charge is 2.55. The van der Waals surface area contributed by atoms with Crippen molar-refractivity contribution < 1.29 is 19.3 Å². The van der Waals surface area contributed by atoms with Crippen LogP contribution >= 0.6 is 0 Å². The van der Waals surface area contributed by atoms with E-state index < -0.39 is 12.1 Å². The van der Waals surface area contributed by atoms with Crippen LogP contribution in [0, 0.1) is 0 Å². The molecule has 0 aromatic heterocycles. The lowest BCUT2D eigenvalue weighted by Crippen LogP contribution is -2.63. The molecule has 3 amide bonds. The van der Waals surface area contributed by atoms with Gasteiger partial charge in [0.15, 0.2) is 0 Å². The van der Waals surface area contributed by atoms with E-state index in [0.717, 1.165) is 36.4 Å². The summed E-state index contributed by atoms with van der Waals surface area (Å²) >= 11 is 0. The number of fused-ring (bicyclic) bond motifs is 1. The number of amides is 3.